The van der Waals surface area contributed by atoms with Crippen LogP contribution >= 0.6 is 0 Å². The van der Waals surface area contributed by atoms with Crippen molar-refractivity contribution in [2.75, 3.05) is 4.90 Å². The zero-order valence-corrected chi connectivity index (χ0v) is 27.5. The van der Waals surface area contributed by atoms with Gasteiger partial charge in [0.05, 0.1) is 12.2 Å². The number of amides is 3. The van der Waals surface area contributed by atoms with Crippen molar-refractivity contribution in [1.29, 1.82) is 0 Å². The number of nitrogens with zero attached hydrogens (tertiary/aromatic N) is 1. The van der Waals surface area contributed by atoms with Gasteiger partial charge in [-0.2, -0.15) is 0 Å². The van der Waals surface area contributed by atoms with E-state index in [-0.39, 0.29) is 11.8 Å². The van der Waals surface area contributed by atoms with Gasteiger partial charge < -0.3 is 16.0 Å². The largest absolute Gasteiger partial charge is 0.369 e. The molecule has 6 rings (SSSR count). The number of fused-ring (bicyclic) bond motifs is 3. The van der Waals surface area contributed by atoms with Crippen molar-refractivity contribution in [3.8, 4) is 22.3 Å². The van der Waals surface area contributed by atoms with Crippen LogP contribution in [0.2, 0.25) is 0 Å². The van der Waals surface area contributed by atoms with Gasteiger partial charge in [0.2, 0.25) is 11.8 Å². The molecule has 3 atom stereocenters. The Balaban J connectivity index is 1.37. The molecule has 47 heavy (non-hydrogen) atoms. The number of para-hydroxylation sites is 1. The molecule has 1 fully saturated rings. The number of anilines is 1. The summed E-state index contributed by atoms with van der Waals surface area (Å²) in [5.41, 5.74) is 13.7. The quantitative estimate of drug-likeness (QED) is 0.166. The fourth-order valence-corrected chi connectivity index (χ4v) is 7.18. The Kier molecular flexibility index (Phi) is 9.86. The number of hydrogen-bond acceptors (Lipinski definition) is 3. The molecule has 3 N–H and O–H groups in total. The average molecular weight is 628 g/mol. The number of benzene rings is 4. The molecule has 6 nitrogen and oxygen atoms in total. The zero-order valence-electron chi connectivity index (χ0n) is 27.5. The predicted molar refractivity (Wildman–Crippen MR) is 188 cm³/mol. The first-order valence-electron chi connectivity index (χ1n) is 17.1. The lowest BCUT2D eigenvalue weighted by molar-refractivity contribution is -0.136. The molecule has 1 aliphatic carbocycles. The Hall–Kier alpha value is -4.71. The molecule has 0 saturated heterocycles. The van der Waals surface area contributed by atoms with Crippen molar-refractivity contribution in [2.45, 2.75) is 71.4 Å². The van der Waals surface area contributed by atoms with Gasteiger partial charge in [-0.15, -0.1) is 0 Å². The predicted octanol–water partition coefficient (Wildman–Crippen LogP) is 8.13. The highest BCUT2D eigenvalue weighted by Crippen LogP contribution is 2.42. The minimum absolute atomic E-state index is 0.205. The molecule has 1 unspecified atom stereocenters. The van der Waals surface area contributed by atoms with E-state index in [0.29, 0.717) is 25.3 Å². The van der Waals surface area contributed by atoms with Crippen LogP contribution in [0.4, 0.5) is 5.69 Å². The van der Waals surface area contributed by atoms with E-state index in [4.69, 9.17) is 5.73 Å². The zero-order chi connectivity index (χ0) is 32.9. The summed E-state index contributed by atoms with van der Waals surface area (Å²) >= 11 is 0. The monoisotopic (exact) mass is 627 g/mol. The van der Waals surface area contributed by atoms with Gasteiger partial charge in [0.1, 0.15) is 6.04 Å². The molecule has 1 heterocycles. The summed E-state index contributed by atoms with van der Waals surface area (Å²) in [6.07, 6.45) is 6.16. The van der Waals surface area contributed by atoms with Gasteiger partial charge in [-0.1, -0.05) is 130 Å². The highest BCUT2D eigenvalue weighted by Gasteiger charge is 2.40. The van der Waals surface area contributed by atoms with Gasteiger partial charge in [0.15, 0.2) is 0 Å². The topological polar surface area (TPSA) is 92.5 Å². The SMILES string of the molecule is CCCC[C@H](C(N)=O)[C@@H](CC1CCC1)C(=O)NC1C(=O)N(Cc2cccc(-c3ccc(C)cc3)c2)c2ccccc2-c2ccccc21. The first kappa shape index (κ1) is 32.2. The second-order valence-corrected chi connectivity index (χ2v) is 13.3. The third-order valence-corrected chi connectivity index (χ3v) is 10.1. The third kappa shape index (κ3) is 7.02. The summed E-state index contributed by atoms with van der Waals surface area (Å²) in [6.45, 7) is 4.48. The van der Waals surface area contributed by atoms with Crippen molar-refractivity contribution in [3.63, 3.8) is 0 Å². The van der Waals surface area contributed by atoms with Gasteiger partial charge in [0.25, 0.3) is 5.91 Å². The maximum atomic E-state index is 14.8. The molecule has 0 radical (unpaired) electrons. The van der Waals surface area contributed by atoms with E-state index >= 15 is 0 Å². The van der Waals surface area contributed by atoms with Crippen LogP contribution in [0.15, 0.2) is 97.1 Å². The minimum atomic E-state index is -0.921. The van der Waals surface area contributed by atoms with Crippen LogP contribution in [0, 0.1) is 24.7 Å². The normalized spacial score (nSPS) is 17.1. The third-order valence-electron chi connectivity index (χ3n) is 10.1. The molecule has 4 aromatic rings. The number of nitrogens with two attached hydrogens (primary N) is 1. The van der Waals surface area contributed by atoms with Crippen LogP contribution in [0.3, 0.4) is 0 Å². The van der Waals surface area contributed by atoms with E-state index in [2.05, 4.69) is 55.6 Å². The fraction of sp³-hybridized carbons (Fsp3) is 0.341. The summed E-state index contributed by atoms with van der Waals surface area (Å²) in [5, 5.41) is 3.19. The van der Waals surface area contributed by atoms with Crippen LogP contribution in [0.25, 0.3) is 22.3 Å². The van der Waals surface area contributed by atoms with Crippen molar-refractivity contribution < 1.29 is 14.4 Å². The Morgan fingerprint density at radius 2 is 1.60 bits per heavy atom. The first-order chi connectivity index (χ1) is 22.8. The second-order valence-electron chi connectivity index (χ2n) is 13.3. The van der Waals surface area contributed by atoms with E-state index < -0.39 is 23.8 Å². The number of rotatable bonds is 12. The van der Waals surface area contributed by atoms with E-state index in [1.807, 2.05) is 60.7 Å². The average Bonchev–Trinajstić information content (AvgIpc) is 3.15. The number of hydrogen-bond donors (Lipinski definition) is 2. The van der Waals surface area contributed by atoms with E-state index in [0.717, 1.165) is 71.2 Å². The molecule has 3 amide bonds. The molecule has 242 valence electrons. The number of carbonyl (C=O) groups is 3. The lowest BCUT2D eigenvalue weighted by Gasteiger charge is -2.33. The molecular formula is C41H45N3O3. The summed E-state index contributed by atoms with van der Waals surface area (Å²) in [4.78, 5) is 43.7. The van der Waals surface area contributed by atoms with Crippen molar-refractivity contribution in [1.82, 2.24) is 5.32 Å². The van der Waals surface area contributed by atoms with Gasteiger partial charge in [-0.05, 0) is 65.6 Å². The van der Waals surface area contributed by atoms with Crippen LogP contribution in [-0.2, 0) is 20.9 Å². The van der Waals surface area contributed by atoms with Crippen LogP contribution in [-0.4, -0.2) is 17.7 Å². The Labute approximate surface area is 278 Å². The molecule has 1 saturated carbocycles. The van der Waals surface area contributed by atoms with Crippen molar-refractivity contribution >= 4 is 23.4 Å². The van der Waals surface area contributed by atoms with Gasteiger partial charge in [0, 0.05) is 17.4 Å². The van der Waals surface area contributed by atoms with E-state index in [9.17, 15) is 14.4 Å². The van der Waals surface area contributed by atoms with Crippen LogP contribution in [0.1, 0.15) is 74.6 Å². The maximum Gasteiger partial charge on any atom is 0.254 e. The van der Waals surface area contributed by atoms with Gasteiger partial charge >= 0.3 is 0 Å². The van der Waals surface area contributed by atoms with Crippen molar-refractivity contribution in [2.24, 2.45) is 23.5 Å². The summed E-state index contributed by atoms with van der Waals surface area (Å²) < 4.78 is 0. The first-order valence-corrected chi connectivity index (χ1v) is 17.1. The highest BCUT2D eigenvalue weighted by atomic mass is 16.2. The Morgan fingerprint density at radius 1 is 0.872 bits per heavy atom. The number of carbonyl (C=O) groups excluding carboxylic acids is 3. The molecule has 6 heteroatoms. The fourth-order valence-electron chi connectivity index (χ4n) is 7.18. The second kappa shape index (κ2) is 14.4. The lowest BCUT2D eigenvalue weighted by Crippen LogP contribution is -2.47. The molecule has 2 aliphatic rings. The molecule has 4 aromatic carbocycles. The number of aryl methyl sites for hydroxylation is 1. The molecule has 0 spiro atoms. The van der Waals surface area contributed by atoms with Crippen LogP contribution < -0.4 is 16.0 Å². The Bertz CT molecular complexity index is 1740. The number of unbranched alkanes of at least 4 members (excludes halogenated alkanes) is 1. The summed E-state index contributed by atoms with van der Waals surface area (Å²) in [5.74, 6) is -1.65. The van der Waals surface area contributed by atoms with E-state index in [1.54, 1.807) is 4.90 Å². The molecule has 1 aliphatic heterocycles. The van der Waals surface area contributed by atoms with Gasteiger partial charge in [-0.3, -0.25) is 14.4 Å². The van der Waals surface area contributed by atoms with Crippen molar-refractivity contribution in [3.05, 3.63) is 114 Å². The van der Waals surface area contributed by atoms with Crippen LogP contribution in [0.5, 0.6) is 0 Å². The van der Waals surface area contributed by atoms with Gasteiger partial charge in [-0.25, -0.2) is 0 Å². The minimum Gasteiger partial charge on any atom is -0.369 e. The number of nitrogens with one attached hydrogen (secondary N) is 1. The molecular weight excluding hydrogens is 582 g/mol. The number of primary amides is 1. The summed E-state index contributed by atoms with van der Waals surface area (Å²) in [7, 11) is 0. The smallest absolute Gasteiger partial charge is 0.254 e. The Morgan fingerprint density at radius 3 is 2.30 bits per heavy atom. The lowest BCUT2D eigenvalue weighted by atomic mass is 9.73. The molecule has 0 aromatic heterocycles. The molecule has 0 bridgehead atoms. The highest BCUT2D eigenvalue weighted by molar-refractivity contribution is 6.06. The maximum absolute atomic E-state index is 14.8. The van der Waals surface area contributed by atoms with E-state index in [1.165, 1.54) is 5.56 Å². The standard InChI is InChI=1S/C41H45N3O3/c1-3-4-15-35(39(42)45)36(25-28-11-9-12-28)40(46)43-38-34-18-6-5-16-32(34)33-17-7-8-19-37(33)44(41(38)47)26-29-13-10-14-31(24-29)30-22-20-27(2)21-23-30/h5-8,10,13-14,16-24,28,35-36,38H,3-4,9,11-12,15,25-26H2,1-2H3,(H2,42,45)(H,43,46)/t35-,36+,38?/m0/s1. The summed E-state index contributed by atoms with van der Waals surface area (Å²) in [6, 6.07) is 31.6.